The Morgan fingerprint density at radius 1 is 1.28 bits per heavy atom. The minimum atomic E-state index is -0.805. The number of hydrogen-bond acceptors (Lipinski definition) is 4. The second-order valence-corrected chi connectivity index (χ2v) is 6.90. The van der Waals surface area contributed by atoms with Gasteiger partial charge in [-0.1, -0.05) is 25.1 Å². The molecule has 0 aliphatic heterocycles. The lowest BCUT2D eigenvalue weighted by Crippen LogP contribution is -2.15. The molecule has 0 atom stereocenters. The van der Waals surface area contributed by atoms with Crippen molar-refractivity contribution in [2.75, 3.05) is 6.61 Å². The van der Waals surface area contributed by atoms with Gasteiger partial charge >= 0.3 is 5.97 Å². The van der Waals surface area contributed by atoms with Gasteiger partial charge in [-0.15, -0.1) is 0 Å². The fraction of sp³-hybridized carbons (Fsp3) is 0.261. The van der Waals surface area contributed by atoms with Crippen LogP contribution in [-0.2, 0) is 16.1 Å². The number of ether oxygens (including phenoxy) is 1. The summed E-state index contributed by atoms with van der Waals surface area (Å²) in [6, 6.07) is 11.2. The van der Waals surface area contributed by atoms with Crippen molar-refractivity contribution < 1.29 is 14.3 Å². The monoisotopic (exact) mass is 389 g/mol. The summed E-state index contributed by atoms with van der Waals surface area (Å²) in [5.41, 5.74) is 4.01. The number of carbonyl (C=O) groups excluding carboxylic acids is 2. The van der Waals surface area contributed by atoms with E-state index in [9.17, 15) is 14.9 Å². The van der Waals surface area contributed by atoms with Crippen molar-refractivity contribution in [3.05, 3.63) is 64.6 Å². The number of aromatic amines is 1. The Bertz CT molecular complexity index is 1140. The fourth-order valence-corrected chi connectivity index (χ4v) is 3.42. The number of benzene rings is 1. The van der Waals surface area contributed by atoms with Gasteiger partial charge in [-0.3, -0.25) is 4.79 Å². The van der Waals surface area contributed by atoms with Crippen molar-refractivity contribution >= 4 is 28.7 Å². The van der Waals surface area contributed by atoms with Crippen molar-refractivity contribution in [3.63, 3.8) is 0 Å². The van der Waals surface area contributed by atoms with Crippen molar-refractivity contribution in [2.45, 2.75) is 33.7 Å². The summed E-state index contributed by atoms with van der Waals surface area (Å²) < 4.78 is 7.27. The van der Waals surface area contributed by atoms with E-state index in [2.05, 4.69) is 16.5 Å². The summed E-state index contributed by atoms with van der Waals surface area (Å²) in [5, 5.41) is 10.2. The highest BCUT2D eigenvalue weighted by molar-refractivity contribution is 6.09. The maximum absolute atomic E-state index is 12.5. The van der Waals surface area contributed by atoms with Gasteiger partial charge in [0.25, 0.3) is 0 Å². The molecule has 0 bridgehead atoms. The number of fused-ring (bicyclic) bond motifs is 1. The van der Waals surface area contributed by atoms with E-state index >= 15 is 0 Å². The first-order valence-electron chi connectivity index (χ1n) is 9.51. The summed E-state index contributed by atoms with van der Waals surface area (Å²) >= 11 is 0. The lowest BCUT2D eigenvalue weighted by Gasteiger charge is -2.07. The number of aromatic nitrogens is 2. The summed E-state index contributed by atoms with van der Waals surface area (Å²) in [7, 11) is 0. The molecule has 29 heavy (non-hydrogen) atoms. The first-order valence-corrected chi connectivity index (χ1v) is 9.51. The van der Waals surface area contributed by atoms with Crippen molar-refractivity contribution in [2.24, 2.45) is 0 Å². The molecule has 0 saturated heterocycles. The molecule has 2 aromatic heterocycles. The Kier molecular flexibility index (Phi) is 5.99. The minimum absolute atomic E-state index is 0.131. The number of ketones is 1. The van der Waals surface area contributed by atoms with Crippen LogP contribution in [0.4, 0.5) is 0 Å². The molecule has 1 N–H and O–H groups in total. The topological polar surface area (TPSA) is 87.9 Å². The summed E-state index contributed by atoms with van der Waals surface area (Å²) in [6.07, 6.45) is 4.11. The number of nitrogens with one attached hydrogen (secondary N) is 1. The van der Waals surface area contributed by atoms with Crippen LogP contribution in [0.5, 0.6) is 0 Å². The molecule has 0 unspecified atom stereocenters. The van der Waals surface area contributed by atoms with Gasteiger partial charge in [-0.25, -0.2) is 4.79 Å². The SMILES string of the molecule is CCCn1c(C)cc(/C=C(\C#N)C(=O)OCC(=O)c2c[nH]c3ccccc23)c1C. The number of carbonyl (C=O) groups is 2. The molecule has 3 rings (SSSR count). The standard InChI is InChI=1S/C23H23N3O3/c1-4-9-26-15(2)10-17(16(26)3)11-18(12-24)23(28)29-14-22(27)20-13-25-21-8-6-5-7-19(20)21/h5-8,10-11,13,25H,4,9,14H2,1-3H3/b18-11+. The fourth-order valence-electron chi connectivity index (χ4n) is 3.42. The molecule has 6 heteroatoms. The minimum Gasteiger partial charge on any atom is -0.453 e. The molecule has 0 amide bonds. The predicted octanol–water partition coefficient (Wildman–Crippen LogP) is 4.33. The van der Waals surface area contributed by atoms with Gasteiger partial charge in [0.05, 0.1) is 0 Å². The normalized spacial score (nSPS) is 11.4. The van der Waals surface area contributed by atoms with Gasteiger partial charge in [0, 0.05) is 40.6 Å². The molecule has 2 heterocycles. The number of H-pyrrole nitrogens is 1. The number of esters is 1. The highest BCUT2D eigenvalue weighted by Crippen LogP contribution is 2.20. The second kappa shape index (κ2) is 8.61. The maximum atomic E-state index is 12.5. The molecule has 0 radical (unpaired) electrons. The van der Waals surface area contributed by atoms with Crippen molar-refractivity contribution in [3.8, 4) is 6.07 Å². The lowest BCUT2D eigenvalue weighted by atomic mass is 10.1. The van der Waals surface area contributed by atoms with Gasteiger partial charge in [0.2, 0.25) is 5.78 Å². The number of nitriles is 1. The van der Waals surface area contributed by atoms with Crippen molar-refractivity contribution in [1.29, 1.82) is 5.26 Å². The van der Waals surface area contributed by atoms with Crippen LogP contribution in [0.3, 0.4) is 0 Å². The summed E-state index contributed by atoms with van der Waals surface area (Å²) in [5.74, 6) is -1.13. The zero-order valence-corrected chi connectivity index (χ0v) is 16.8. The zero-order valence-electron chi connectivity index (χ0n) is 16.8. The molecule has 0 spiro atoms. The van der Waals surface area contributed by atoms with E-state index in [-0.39, 0.29) is 11.4 Å². The quantitative estimate of drug-likeness (QED) is 0.282. The zero-order chi connectivity index (χ0) is 21.0. The van der Waals surface area contributed by atoms with Gasteiger partial charge in [-0.2, -0.15) is 5.26 Å². The first kappa shape index (κ1) is 20.2. The Balaban J connectivity index is 1.74. The maximum Gasteiger partial charge on any atom is 0.349 e. The molecule has 148 valence electrons. The highest BCUT2D eigenvalue weighted by Gasteiger charge is 2.17. The van der Waals surface area contributed by atoms with E-state index in [0.29, 0.717) is 5.56 Å². The number of Topliss-reactive ketones (excluding diaryl/α,β-unsaturated/α-hetero) is 1. The van der Waals surface area contributed by atoms with E-state index < -0.39 is 12.6 Å². The van der Waals surface area contributed by atoms with Crippen LogP contribution in [0.15, 0.2) is 42.1 Å². The Labute approximate surface area is 169 Å². The number of nitrogens with zero attached hydrogens (tertiary/aromatic N) is 2. The molecular formula is C23H23N3O3. The third kappa shape index (κ3) is 4.14. The number of rotatable bonds is 7. The van der Waals surface area contributed by atoms with Crippen LogP contribution in [0.1, 0.15) is 40.7 Å². The van der Waals surface area contributed by atoms with Crippen LogP contribution in [-0.4, -0.2) is 27.9 Å². The molecule has 0 aliphatic rings. The van der Waals surface area contributed by atoms with E-state index in [1.165, 1.54) is 6.08 Å². The second-order valence-electron chi connectivity index (χ2n) is 6.90. The molecule has 3 aromatic rings. The smallest absolute Gasteiger partial charge is 0.349 e. The third-order valence-electron chi connectivity index (χ3n) is 4.92. The Hall–Kier alpha value is -3.59. The molecular weight excluding hydrogens is 366 g/mol. The number of aryl methyl sites for hydroxylation is 1. The van der Waals surface area contributed by atoms with E-state index in [1.807, 2.05) is 50.2 Å². The van der Waals surface area contributed by atoms with Crippen LogP contribution >= 0.6 is 0 Å². The predicted molar refractivity (Wildman–Crippen MR) is 111 cm³/mol. The van der Waals surface area contributed by atoms with Crippen LogP contribution in [0.2, 0.25) is 0 Å². The van der Waals surface area contributed by atoms with Crippen LogP contribution in [0, 0.1) is 25.2 Å². The van der Waals surface area contributed by atoms with Gasteiger partial charge in [-0.05, 0) is 44.0 Å². The lowest BCUT2D eigenvalue weighted by molar-refractivity contribution is -0.137. The highest BCUT2D eigenvalue weighted by atomic mass is 16.5. The largest absolute Gasteiger partial charge is 0.453 e. The average molecular weight is 389 g/mol. The molecule has 1 aromatic carbocycles. The number of hydrogen-bond donors (Lipinski definition) is 1. The third-order valence-corrected chi connectivity index (χ3v) is 4.92. The number of para-hydroxylation sites is 1. The molecule has 0 aliphatic carbocycles. The average Bonchev–Trinajstić information content (AvgIpc) is 3.26. The molecule has 6 nitrogen and oxygen atoms in total. The van der Waals surface area contributed by atoms with Crippen LogP contribution < -0.4 is 0 Å². The van der Waals surface area contributed by atoms with Crippen LogP contribution in [0.25, 0.3) is 17.0 Å². The Morgan fingerprint density at radius 3 is 2.76 bits per heavy atom. The van der Waals surface area contributed by atoms with Gasteiger partial charge in [0.15, 0.2) is 6.61 Å². The van der Waals surface area contributed by atoms with E-state index in [0.717, 1.165) is 40.8 Å². The summed E-state index contributed by atoms with van der Waals surface area (Å²) in [4.78, 5) is 27.8. The molecule has 0 saturated carbocycles. The van der Waals surface area contributed by atoms with Crippen molar-refractivity contribution in [1.82, 2.24) is 9.55 Å². The van der Waals surface area contributed by atoms with E-state index in [1.54, 1.807) is 6.20 Å². The Morgan fingerprint density at radius 2 is 2.03 bits per heavy atom. The molecule has 0 fully saturated rings. The summed E-state index contributed by atoms with van der Waals surface area (Å²) in [6.45, 7) is 6.49. The van der Waals surface area contributed by atoms with Gasteiger partial charge < -0.3 is 14.3 Å². The first-order chi connectivity index (χ1) is 14.0. The van der Waals surface area contributed by atoms with Gasteiger partial charge in [0.1, 0.15) is 11.6 Å². The van der Waals surface area contributed by atoms with E-state index in [4.69, 9.17) is 4.74 Å².